The molecule has 1 saturated carbocycles. The maximum absolute atomic E-state index is 12.6. The normalized spacial score (nSPS) is 24.4. The number of carbonyl (C=O) groups excluding carboxylic acids is 6. The summed E-state index contributed by atoms with van der Waals surface area (Å²) >= 11 is 1.22. The standard InChI is InChI=1S/C24H33N3O7S/c1-2-3-4-12-25-19(28)11-13-35-18-14-22(31)27(23(18)32)34-24(33)17-7-5-16(6-8-17)15-26-20(29)9-10-21(26)30/h9-10,16-18H,2-8,11-15H2,1H3,(H,25,28). The van der Waals surface area contributed by atoms with Gasteiger partial charge in [-0.1, -0.05) is 19.8 Å². The second-order valence-electron chi connectivity index (χ2n) is 9.15. The highest BCUT2D eigenvalue weighted by atomic mass is 32.2. The Morgan fingerprint density at radius 2 is 1.74 bits per heavy atom. The average molecular weight is 508 g/mol. The van der Waals surface area contributed by atoms with E-state index in [1.165, 1.54) is 28.8 Å². The highest BCUT2D eigenvalue weighted by Crippen LogP contribution is 2.32. The topological polar surface area (TPSA) is 130 Å². The lowest BCUT2D eigenvalue weighted by atomic mass is 9.82. The third-order valence-corrected chi connectivity index (χ3v) is 7.73. The van der Waals surface area contributed by atoms with E-state index in [1.807, 2.05) is 0 Å². The minimum absolute atomic E-state index is 0.0619. The van der Waals surface area contributed by atoms with Crippen LogP contribution in [0.3, 0.4) is 0 Å². The molecular weight excluding hydrogens is 474 g/mol. The zero-order valence-corrected chi connectivity index (χ0v) is 20.8. The lowest BCUT2D eigenvalue weighted by molar-refractivity contribution is -0.201. The number of rotatable bonds is 12. The van der Waals surface area contributed by atoms with Crippen molar-refractivity contribution in [2.75, 3.05) is 18.8 Å². The van der Waals surface area contributed by atoms with Gasteiger partial charge in [0, 0.05) is 37.4 Å². The third kappa shape index (κ3) is 7.39. The Bertz CT molecular complexity index is 864. The Kier molecular flexibility index (Phi) is 9.88. The molecule has 2 heterocycles. The highest BCUT2D eigenvalue weighted by Gasteiger charge is 2.43. The first-order chi connectivity index (χ1) is 16.8. The molecule has 35 heavy (non-hydrogen) atoms. The predicted octanol–water partition coefficient (Wildman–Crippen LogP) is 1.73. The molecule has 0 aromatic rings. The second-order valence-corrected chi connectivity index (χ2v) is 10.5. The van der Waals surface area contributed by atoms with E-state index in [4.69, 9.17) is 4.84 Å². The molecule has 0 spiro atoms. The molecule has 10 nitrogen and oxygen atoms in total. The average Bonchev–Trinajstić information content (AvgIpc) is 3.29. The van der Waals surface area contributed by atoms with E-state index in [1.54, 1.807) is 0 Å². The minimum Gasteiger partial charge on any atom is -0.356 e. The molecule has 0 bridgehead atoms. The third-order valence-electron chi connectivity index (χ3n) is 6.52. The number of amides is 5. The summed E-state index contributed by atoms with van der Waals surface area (Å²) in [5.41, 5.74) is 0. The van der Waals surface area contributed by atoms with Crippen LogP contribution >= 0.6 is 11.8 Å². The fourth-order valence-electron chi connectivity index (χ4n) is 4.41. The van der Waals surface area contributed by atoms with Crippen molar-refractivity contribution in [2.24, 2.45) is 11.8 Å². The van der Waals surface area contributed by atoms with Gasteiger partial charge in [0.15, 0.2) is 0 Å². The zero-order chi connectivity index (χ0) is 25.4. The summed E-state index contributed by atoms with van der Waals surface area (Å²) < 4.78 is 0. The molecule has 1 atom stereocenters. The number of hydrogen-bond acceptors (Lipinski definition) is 8. The summed E-state index contributed by atoms with van der Waals surface area (Å²) in [5, 5.41) is 2.75. The predicted molar refractivity (Wildman–Crippen MR) is 127 cm³/mol. The molecule has 0 aromatic heterocycles. The maximum Gasteiger partial charge on any atom is 0.336 e. The summed E-state index contributed by atoms with van der Waals surface area (Å²) in [4.78, 5) is 79.2. The number of hydroxylamine groups is 2. The minimum atomic E-state index is -0.664. The van der Waals surface area contributed by atoms with Gasteiger partial charge in [0.1, 0.15) is 0 Å². The summed E-state index contributed by atoms with van der Waals surface area (Å²) in [6.07, 6.45) is 8.03. The number of nitrogens with one attached hydrogen (secondary N) is 1. The largest absolute Gasteiger partial charge is 0.356 e. The lowest BCUT2D eigenvalue weighted by Gasteiger charge is -2.29. The van der Waals surface area contributed by atoms with Crippen molar-refractivity contribution in [2.45, 2.75) is 70.0 Å². The summed E-state index contributed by atoms with van der Waals surface area (Å²) in [5.74, 6) is -2.40. The van der Waals surface area contributed by atoms with Crippen molar-refractivity contribution in [1.82, 2.24) is 15.3 Å². The summed E-state index contributed by atoms with van der Waals surface area (Å²) in [7, 11) is 0. The Morgan fingerprint density at radius 3 is 2.40 bits per heavy atom. The number of hydrogen-bond donors (Lipinski definition) is 1. The Labute approximate surface area is 209 Å². The number of nitrogens with zero attached hydrogens (tertiary/aromatic N) is 2. The fraction of sp³-hybridized carbons (Fsp3) is 0.667. The van der Waals surface area contributed by atoms with Gasteiger partial charge in [-0.15, -0.1) is 16.8 Å². The number of imide groups is 2. The molecule has 11 heteroatoms. The van der Waals surface area contributed by atoms with Crippen LogP contribution in [-0.4, -0.2) is 69.6 Å². The zero-order valence-electron chi connectivity index (χ0n) is 20.0. The fourth-order valence-corrected chi connectivity index (χ4v) is 5.49. The Morgan fingerprint density at radius 1 is 1.06 bits per heavy atom. The molecule has 2 aliphatic heterocycles. The van der Waals surface area contributed by atoms with Crippen molar-refractivity contribution in [3.63, 3.8) is 0 Å². The van der Waals surface area contributed by atoms with E-state index in [0.717, 1.165) is 19.3 Å². The Balaban J connectivity index is 1.37. The second kappa shape index (κ2) is 12.9. The van der Waals surface area contributed by atoms with Gasteiger partial charge in [-0.25, -0.2) is 4.79 Å². The maximum atomic E-state index is 12.6. The van der Waals surface area contributed by atoms with E-state index >= 15 is 0 Å². The van der Waals surface area contributed by atoms with Crippen LogP contribution in [-0.2, 0) is 33.6 Å². The summed E-state index contributed by atoms with van der Waals surface area (Å²) in [6.45, 7) is 3.05. The van der Waals surface area contributed by atoms with Crippen LogP contribution in [0.5, 0.6) is 0 Å². The van der Waals surface area contributed by atoms with Gasteiger partial charge in [0.25, 0.3) is 23.6 Å². The van der Waals surface area contributed by atoms with Crippen molar-refractivity contribution >= 4 is 47.3 Å². The molecule has 2 fully saturated rings. The van der Waals surface area contributed by atoms with E-state index in [9.17, 15) is 28.8 Å². The molecule has 192 valence electrons. The Hall–Kier alpha value is -2.69. The molecule has 0 aromatic carbocycles. The van der Waals surface area contributed by atoms with Gasteiger partial charge in [0.05, 0.1) is 17.6 Å². The van der Waals surface area contributed by atoms with Crippen LogP contribution in [0.2, 0.25) is 0 Å². The van der Waals surface area contributed by atoms with Gasteiger partial charge in [0.2, 0.25) is 5.91 Å². The number of unbranched alkanes of at least 4 members (excludes halogenated alkanes) is 2. The van der Waals surface area contributed by atoms with Crippen molar-refractivity contribution in [3.05, 3.63) is 12.2 Å². The van der Waals surface area contributed by atoms with Crippen molar-refractivity contribution in [1.29, 1.82) is 0 Å². The first kappa shape index (κ1) is 26.9. The van der Waals surface area contributed by atoms with E-state index in [2.05, 4.69) is 12.2 Å². The van der Waals surface area contributed by atoms with Gasteiger partial charge >= 0.3 is 5.97 Å². The van der Waals surface area contributed by atoms with Crippen LogP contribution in [0.25, 0.3) is 0 Å². The van der Waals surface area contributed by atoms with Gasteiger partial charge in [-0.2, -0.15) is 0 Å². The van der Waals surface area contributed by atoms with Crippen LogP contribution in [0, 0.1) is 11.8 Å². The van der Waals surface area contributed by atoms with Crippen LogP contribution in [0.15, 0.2) is 12.2 Å². The first-order valence-corrected chi connectivity index (χ1v) is 13.4. The molecular formula is C24H33N3O7S. The smallest absolute Gasteiger partial charge is 0.336 e. The molecule has 1 saturated heterocycles. The lowest BCUT2D eigenvalue weighted by Crippen LogP contribution is -2.39. The van der Waals surface area contributed by atoms with Crippen LogP contribution in [0.4, 0.5) is 0 Å². The molecule has 1 aliphatic carbocycles. The molecule has 3 rings (SSSR count). The van der Waals surface area contributed by atoms with Crippen molar-refractivity contribution < 1.29 is 33.6 Å². The van der Waals surface area contributed by atoms with Crippen LogP contribution in [0.1, 0.15) is 64.7 Å². The van der Waals surface area contributed by atoms with E-state index in [0.29, 0.717) is 49.6 Å². The molecule has 1 N–H and O–H groups in total. The van der Waals surface area contributed by atoms with E-state index in [-0.39, 0.29) is 36.5 Å². The molecule has 5 amide bonds. The quantitative estimate of drug-likeness (QED) is 0.312. The highest BCUT2D eigenvalue weighted by molar-refractivity contribution is 8.00. The summed E-state index contributed by atoms with van der Waals surface area (Å²) in [6, 6.07) is 0. The van der Waals surface area contributed by atoms with E-state index < -0.39 is 29.0 Å². The SMILES string of the molecule is CCCCCNC(=O)CCSC1CC(=O)N(OC(=O)C2CCC(CN3C(=O)C=CC3=O)CC2)C1=O. The number of thioether (sulfide) groups is 1. The van der Waals surface area contributed by atoms with Crippen molar-refractivity contribution in [3.8, 4) is 0 Å². The van der Waals surface area contributed by atoms with Gasteiger partial charge < -0.3 is 10.2 Å². The van der Waals surface area contributed by atoms with Gasteiger partial charge in [-0.05, 0) is 38.0 Å². The monoisotopic (exact) mass is 507 g/mol. The number of carbonyl (C=O) groups is 6. The molecule has 0 radical (unpaired) electrons. The molecule has 3 aliphatic rings. The van der Waals surface area contributed by atoms with Gasteiger partial charge in [-0.3, -0.25) is 28.9 Å². The molecule has 1 unspecified atom stereocenters. The van der Waals surface area contributed by atoms with Crippen LogP contribution < -0.4 is 5.32 Å². The first-order valence-electron chi connectivity index (χ1n) is 12.3.